The molecule has 24 heavy (non-hydrogen) atoms. The number of furan rings is 1. The monoisotopic (exact) mass is 346 g/mol. The molecule has 0 bridgehead atoms. The number of aliphatic imine (C=N–C) groups is 1. The maximum Gasteiger partial charge on any atom is 0.191 e. The maximum atomic E-state index is 5.69. The van der Waals surface area contributed by atoms with E-state index in [1.807, 2.05) is 13.1 Å². The van der Waals surface area contributed by atoms with Crippen LogP contribution in [0.3, 0.4) is 0 Å². The molecule has 1 aliphatic rings. The number of hydrogen-bond donors (Lipinski definition) is 2. The lowest BCUT2D eigenvalue weighted by atomic mass is 10.1. The van der Waals surface area contributed by atoms with Crippen molar-refractivity contribution in [3.63, 3.8) is 0 Å². The zero-order chi connectivity index (χ0) is 16.6. The van der Waals surface area contributed by atoms with Gasteiger partial charge in [-0.15, -0.1) is 0 Å². The van der Waals surface area contributed by atoms with E-state index in [1.165, 1.54) is 24.8 Å². The van der Waals surface area contributed by atoms with E-state index in [4.69, 9.17) is 4.42 Å². The SMILES string of the molecule is CN=C(NCc1ccsc1)NCC(c1ccco1)N1CCCCC1. The smallest absolute Gasteiger partial charge is 0.191 e. The third-order valence-electron chi connectivity index (χ3n) is 4.43. The molecule has 0 saturated carbocycles. The topological polar surface area (TPSA) is 52.8 Å². The van der Waals surface area contributed by atoms with Crippen LogP contribution >= 0.6 is 11.3 Å². The number of nitrogens with one attached hydrogen (secondary N) is 2. The minimum atomic E-state index is 0.250. The summed E-state index contributed by atoms with van der Waals surface area (Å²) in [6.45, 7) is 3.84. The molecule has 1 atom stereocenters. The summed E-state index contributed by atoms with van der Waals surface area (Å²) < 4.78 is 5.69. The van der Waals surface area contributed by atoms with Crippen molar-refractivity contribution >= 4 is 17.3 Å². The minimum Gasteiger partial charge on any atom is -0.468 e. The van der Waals surface area contributed by atoms with Crippen molar-refractivity contribution in [2.45, 2.75) is 31.8 Å². The Bertz CT molecular complexity index is 603. The van der Waals surface area contributed by atoms with E-state index in [0.29, 0.717) is 0 Å². The van der Waals surface area contributed by atoms with Crippen molar-refractivity contribution in [3.8, 4) is 0 Å². The first kappa shape index (κ1) is 17.0. The van der Waals surface area contributed by atoms with Gasteiger partial charge in [-0.2, -0.15) is 11.3 Å². The van der Waals surface area contributed by atoms with E-state index >= 15 is 0 Å². The highest BCUT2D eigenvalue weighted by atomic mass is 32.1. The van der Waals surface area contributed by atoms with Gasteiger partial charge in [0.15, 0.2) is 5.96 Å². The van der Waals surface area contributed by atoms with Gasteiger partial charge >= 0.3 is 0 Å². The van der Waals surface area contributed by atoms with Crippen molar-refractivity contribution in [2.75, 3.05) is 26.7 Å². The van der Waals surface area contributed by atoms with E-state index in [-0.39, 0.29) is 6.04 Å². The fourth-order valence-corrected chi connectivity index (χ4v) is 3.78. The third-order valence-corrected chi connectivity index (χ3v) is 5.16. The summed E-state index contributed by atoms with van der Waals surface area (Å²) in [6, 6.07) is 6.42. The molecule has 0 amide bonds. The highest BCUT2D eigenvalue weighted by molar-refractivity contribution is 7.07. The van der Waals surface area contributed by atoms with Gasteiger partial charge in [0, 0.05) is 20.1 Å². The Balaban J connectivity index is 1.57. The molecule has 2 aromatic rings. The first-order valence-corrected chi connectivity index (χ1v) is 9.54. The molecule has 6 heteroatoms. The average Bonchev–Trinajstić information content (AvgIpc) is 3.32. The van der Waals surface area contributed by atoms with Crippen LogP contribution in [0.2, 0.25) is 0 Å². The van der Waals surface area contributed by atoms with Gasteiger partial charge in [0.2, 0.25) is 0 Å². The first-order chi connectivity index (χ1) is 11.9. The maximum absolute atomic E-state index is 5.69. The molecular weight excluding hydrogens is 320 g/mol. The summed E-state index contributed by atoms with van der Waals surface area (Å²) in [4.78, 5) is 6.85. The van der Waals surface area contributed by atoms with Gasteiger partial charge in [0.05, 0.1) is 12.3 Å². The second-order valence-electron chi connectivity index (χ2n) is 6.07. The van der Waals surface area contributed by atoms with Crippen LogP contribution in [0.25, 0.3) is 0 Å². The molecule has 3 rings (SSSR count). The largest absolute Gasteiger partial charge is 0.468 e. The predicted octanol–water partition coefficient (Wildman–Crippen LogP) is 3.23. The molecule has 0 spiro atoms. The summed E-state index contributed by atoms with van der Waals surface area (Å²) in [6.07, 6.45) is 5.62. The third kappa shape index (κ3) is 4.61. The van der Waals surface area contributed by atoms with Crippen LogP contribution in [0, 0.1) is 0 Å². The second-order valence-corrected chi connectivity index (χ2v) is 6.85. The van der Waals surface area contributed by atoms with Gasteiger partial charge in [-0.3, -0.25) is 9.89 Å². The number of piperidine rings is 1. The standard InChI is InChI=1S/C18H26N4OS/c1-19-18(20-12-15-7-11-24-14-15)21-13-16(17-6-5-10-23-17)22-8-3-2-4-9-22/h5-7,10-11,14,16H,2-4,8-9,12-13H2,1H3,(H2,19,20,21). The highest BCUT2D eigenvalue weighted by Crippen LogP contribution is 2.24. The molecule has 0 aliphatic carbocycles. The average molecular weight is 347 g/mol. The molecule has 3 heterocycles. The molecule has 1 fully saturated rings. The summed E-state index contributed by atoms with van der Waals surface area (Å²) in [5, 5.41) is 11.1. The minimum absolute atomic E-state index is 0.250. The van der Waals surface area contributed by atoms with Crippen LogP contribution in [0.4, 0.5) is 0 Å². The van der Waals surface area contributed by atoms with Crippen LogP contribution in [-0.4, -0.2) is 37.5 Å². The van der Waals surface area contributed by atoms with E-state index in [2.05, 4.69) is 43.4 Å². The Hall–Kier alpha value is -1.79. The lowest BCUT2D eigenvalue weighted by Crippen LogP contribution is -2.44. The Morgan fingerprint density at radius 3 is 2.83 bits per heavy atom. The summed E-state index contributed by atoms with van der Waals surface area (Å²) in [5.41, 5.74) is 1.28. The predicted molar refractivity (Wildman–Crippen MR) is 99.4 cm³/mol. The fourth-order valence-electron chi connectivity index (χ4n) is 3.11. The number of thiophene rings is 1. The summed E-state index contributed by atoms with van der Waals surface area (Å²) >= 11 is 1.71. The van der Waals surface area contributed by atoms with Crippen molar-refractivity contribution in [3.05, 3.63) is 46.5 Å². The Morgan fingerprint density at radius 1 is 1.29 bits per heavy atom. The zero-order valence-electron chi connectivity index (χ0n) is 14.2. The van der Waals surface area contributed by atoms with Crippen LogP contribution < -0.4 is 10.6 Å². The zero-order valence-corrected chi connectivity index (χ0v) is 15.0. The molecular formula is C18H26N4OS. The normalized spacial score (nSPS) is 17.6. The van der Waals surface area contributed by atoms with Gasteiger partial charge in [0.25, 0.3) is 0 Å². The number of hydrogen-bond acceptors (Lipinski definition) is 4. The quantitative estimate of drug-likeness (QED) is 0.623. The van der Waals surface area contributed by atoms with Crippen LogP contribution in [0.5, 0.6) is 0 Å². The van der Waals surface area contributed by atoms with Gasteiger partial charge in [-0.25, -0.2) is 0 Å². The first-order valence-electron chi connectivity index (χ1n) is 8.60. The number of likely N-dealkylation sites (tertiary alicyclic amines) is 1. The van der Waals surface area contributed by atoms with Gasteiger partial charge in [-0.1, -0.05) is 6.42 Å². The summed E-state index contributed by atoms with van der Waals surface area (Å²) in [5.74, 6) is 1.85. The summed E-state index contributed by atoms with van der Waals surface area (Å²) in [7, 11) is 1.81. The lowest BCUT2D eigenvalue weighted by molar-refractivity contribution is 0.146. The number of nitrogens with zero attached hydrogens (tertiary/aromatic N) is 2. The van der Waals surface area contributed by atoms with Crippen molar-refractivity contribution in [1.29, 1.82) is 0 Å². The van der Waals surface area contributed by atoms with Crippen LogP contribution in [0.15, 0.2) is 44.6 Å². The van der Waals surface area contributed by atoms with Gasteiger partial charge in [-0.05, 0) is 60.5 Å². The Kier molecular flexibility index (Phi) is 6.32. The molecule has 0 radical (unpaired) electrons. The van der Waals surface area contributed by atoms with Gasteiger partial charge < -0.3 is 15.1 Å². The van der Waals surface area contributed by atoms with E-state index in [1.54, 1.807) is 17.6 Å². The Morgan fingerprint density at radius 2 is 2.17 bits per heavy atom. The molecule has 2 aromatic heterocycles. The van der Waals surface area contributed by atoms with Crippen LogP contribution in [0.1, 0.15) is 36.6 Å². The molecule has 1 aliphatic heterocycles. The molecule has 5 nitrogen and oxygen atoms in total. The Labute approximate surface area is 147 Å². The molecule has 2 N–H and O–H groups in total. The highest BCUT2D eigenvalue weighted by Gasteiger charge is 2.24. The van der Waals surface area contributed by atoms with Gasteiger partial charge in [0.1, 0.15) is 5.76 Å². The molecule has 130 valence electrons. The second kappa shape index (κ2) is 8.89. The molecule has 0 aromatic carbocycles. The molecule has 1 saturated heterocycles. The fraction of sp³-hybridized carbons (Fsp3) is 0.500. The van der Waals surface area contributed by atoms with Crippen LogP contribution in [-0.2, 0) is 6.54 Å². The number of rotatable bonds is 6. The lowest BCUT2D eigenvalue weighted by Gasteiger charge is -2.33. The van der Waals surface area contributed by atoms with Crippen molar-refractivity contribution < 1.29 is 4.42 Å². The van der Waals surface area contributed by atoms with E-state index in [9.17, 15) is 0 Å². The van der Waals surface area contributed by atoms with E-state index < -0.39 is 0 Å². The molecule has 1 unspecified atom stereocenters. The van der Waals surface area contributed by atoms with Crippen molar-refractivity contribution in [1.82, 2.24) is 15.5 Å². The number of guanidine groups is 1. The van der Waals surface area contributed by atoms with E-state index in [0.717, 1.165) is 37.9 Å². The van der Waals surface area contributed by atoms with Crippen molar-refractivity contribution in [2.24, 2.45) is 4.99 Å².